The van der Waals surface area contributed by atoms with Crippen molar-refractivity contribution in [1.29, 1.82) is 0 Å². The second kappa shape index (κ2) is 10.2. The summed E-state index contributed by atoms with van der Waals surface area (Å²) in [4.78, 5) is 17.2. The quantitative estimate of drug-likeness (QED) is 0.669. The minimum absolute atomic E-state index is 0.138. The monoisotopic (exact) mass is 374 g/mol. The molecule has 150 valence electrons. The van der Waals surface area contributed by atoms with Crippen LogP contribution in [0.25, 0.3) is 0 Å². The minimum Gasteiger partial charge on any atom is -0.465 e. The third-order valence-electron chi connectivity index (χ3n) is 5.83. The van der Waals surface area contributed by atoms with Crippen LogP contribution in [0.15, 0.2) is 30.3 Å². The van der Waals surface area contributed by atoms with Crippen LogP contribution in [0.5, 0.6) is 0 Å². The molecular formula is C21H34N4O2. The van der Waals surface area contributed by atoms with E-state index in [-0.39, 0.29) is 17.9 Å². The molecule has 2 saturated heterocycles. The summed E-state index contributed by atoms with van der Waals surface area (Å²) >= 11 is 0. The second-order valence-electron chi connectivity index (χ2n) is 7.79. The van der Waals surface area contributed by atoms with Gasteiger partial charge in [-0.05, 0) is 45.3 Å². The van der Waals surface area contributed by atoms with Crippen molar-refractivity contribution in [1.82, 2.24) is 20.7 Å². The molecule has 1 aromatic carbocycles. The molecule has 2 heterocycles. The van der Waals surface area contributed by atoms with Crippen molar-refractivity contribution in [3.8, 4) is 0 Å². The first-order valence-corrected chi connectivity index (χ1v) is 10.3. The fraction of sp³-hybridized carbons (Fsp3) is 0.667. The maximum Gasteiger partial charge on any atom is 0.324 e. The van der Waals surface area contributed by atoms with E-state index in [1.165, 1.54) is 18.4 Å². The molecule has 3 rings (SSSR count). The molecule has 0 aromatic heterocycles. The summed E-state index contributed by atoms with van der Waals surface area (Å²) in [6.45, 7) is 7.32. The number of carbonyl (C=O) groups is 1. The Bertz CT molecular complexity index is 583. The molecule has 2 fully saturated rings. The average Bonchev–Trinajstić information content (AvgIpc) is 3.15. The van der Waals surface area contributed by atoms with Crippen LogP contribution in [-0.2, 0) is 16.0 Å². The van der Waals surface area contributed by atoms with Gasteiger partial charge >= 0.3 is 5.97 Å². The van der Waals surface area contributed by atoms with Gasteiger partial charge < -0.3 is 14.5 Å². The maximum absolute atomic E-state index is 12.1. The molecule has 0 saturated carbocycles. The number of rotatable bonds is 8. The van der Waals surface area contributed by atoms with Gasteiger partial charge in [0, 0.05) is 38.1 Å². The van der Waals surface area contributed by atoms with E-state index in [0.29, 0.717) is 12.6 Å². The fourth-order valence-corrected chi connectivity index (χ4v) is 4.21. The summed E-state index contributed by atoms with van der Waals surface area (Å²) in [7, 11) is 2.25. The largest absolute Gasteiger partial charge is 0.465 e. The number of likely N-dealkylation sites (N-methyl/N-ethyl adjacent to an activating group) is 1. The molecule has 0 spiro atoms. The minimum atomic E-state index is -0.235. The number of piperidine rings is 1. The van der Waals surface area contributed by atoms with Crippen molar-refractivity contribution in [2.75, 3.05) is 46.4 Å². The Balaban J connectivity index is 1.47. The summed E-state index contributed by atoms with van der Waals surface area (Å²) in [6, 6.07) is 11.1. The first kappa shape index (κ1) is 20.3. The number of ether oxygens (including phenoxy) is 1. The predicted octanol–water partition coefficient (Wildman–Crippen LogP) is 1.28. The van der Waals surface area contributed by atoms with Gasteiger partial charge in [0.2, 0.25) is 0 Å². The highest BCUT2D eigenvalue weighted by Gasteiger charge is 2.36. The zero-order chi connectivity index (χ0) is 19.1. The van der Waals surface area contributed by atoms with Gasteiger partial charge in [0.15, 0.2) is 0 Å². The highest BCUT2D eigenvalue weighted by Crippen LogP contribution is 2.19. The van der Waals surface area contributed by atoms with Gasteiger partial charge in [-0.15, -0.1) is 0 Å². The standard InChI is InChI=1S/C21H34N4O2/c1-3-27-21(26)20-18(14-22-23-20)15-25-12-7-10-19(16-25)24(2)13-11-17-8-5-4-6-9-17/h4-6,8-9,18-20,22-23H,3,7,10-16H2,1-2H3. The van der Waals surface area contributed by atoms with Crippen LogP contribution >= 0.6 is 0 Å². The molecule has 3 atom stereocenters. The number of likely N-dealkylation sites (tertiary alicyclic amines) is 1. The van der Waals surface area contributed by atoms with E-state index in [4.69, 9.17) is 4.74 Å². The van der Waals surface area contributed by atoms with Crippen molar-refractivity contribution in [3.05, 3.63) is 35.9 Å². The normalized spacial score (nSPS) is 26.4. The topological polar surface area (TPSA) is 56.8 Å². The third-order valence-corrected chi connectivity index (χ3v) is 5.83. The van der Waals surface area contributed by atoms with E-state index in [2.05, 4.69) is 58.0 Å². The van der Waals surface area contributed by atoms with Crippen LogP contribution in [0, 0.1) is 5.92 Å². The molecule has 6 heteroatoms. The molecule has 6 nitrogen and oxygen atoms in total. The van der Waals surface area contributed by atoms with E-state index in [9.17, 15) is 4.79 Å². The van der Waals surface area contributed by atoms with Crippen LogP contribution in [-0.4, -0.2) is 74.2 Å². The van der Waals surface area contributed by atoms with Crippen molar-refractivity contribution in [2.24, 2.45) is 5.92 Å². The number of nitrogens with one attached hydrogen (secondary N) is 2. The Morgan fingerprint density at radius 3 is 2.93 bits per heavy atom. The molecule has 0 bridgehead atoms. The Morgan fingerprint density at radius 1 is 1.33 bits per heavy atom. The smallest absolute Gasteiger partial charge is 0.324 e. The van der Waals surface area contributed by atoms with Crippen LogP contribution in [0.4, 0.5) is 0 Å². The molecule has 0 amide bonds. The lowest BCUT2D eigenvalue weighted by atomic mass is 9.98. The van der Waals surface area contributed by atoms with E-state index in [1.54, 1.807) is 0 Å². The molecule has 2 aliphatic rings. The van der Waals surface area contributed by atoms with Gasteiger partial charge in [-0.1, -0.05) is 30.3 Å². The lowest BCUT2D eigenvalue weighted by Crippen LogP contribution is -2.50. The number of benzene rings is 1. The van der Waals surface area contributed by atoms with Crippen LogP contribution in [0.1, 0.15) is 25.3 Å². The average molecular weight is 375 g/mol. The number of hydrogen-bond donors (Lipinski definition) is 2. The van der Waals surface area contributed by atoms with Gasteiger partial charge in [-0.2, -0.15) is 0 Å². The molecule has 1 aromatic rings. The molecule has 0 radical (unpaired) electrons. The van der Waals surface area contributed by atoms with Gasteiger partial charge in [0.05, 0.1) is 6.61 Å². The van der Waals surface area contributed by atoms with Gasteiger partial charge in [0.25, 0.3) is 0 Å². The zero-order valence-corrected chi connectivity index (χ0v) is 16.7. The van der Waals surface area contributed by atoms with Crippen molar-refractivity contribution < 1.29 is 9.53 Å². The fourth-order valence-electron chi connectivity index (χ4n) is 4.21. The molecular weight excluding hydrogens is 340 g/mol. The molecule has 27 heavy (non-hydrogen) atoms. The molecule has 3 unspecified atom stereocenters. The Labute approximate surface area is 163 Å². The lowest BCUT2D eigenvalue weighted by molar-refractivity contribution is -0.146. The lowest BCUT2D eigenvalue weighted by Gasteiger charge is -2.39. The molecule has 0 aliphatic carbocycles. The second-order valence-corrected chi connectivity index (χ2v) is 7.79. The Hall–Kier alpha value is -1.47. The van der Waals surface area contributed by atoms with Crippen molar-refractivity contribution in [2.45, 2.75) is 38.3 Å². The summed E-state index contributed by atoms with van der Waals surface area (Å²) in [5.74, 6) is 0.124. The first-order chi connectivity index (χ1) is 13.2. The van der Waals surface area contributed by atoms with E-state index in [1.807, 2.05) is 6.92 Å². The highest BCUT2D eigenvalue weighted by atomic mass is 16.5. The predicted molar refractivity (Wildman–Crippen MR) is 107 cm³/mol. The first-order valence-electron chi connectivity index (χ1n) is 10.3. The van der Waals surface area contributed by atoms with Crippen LogP contribution < -0.4 is 10.9 Å². The maximum atomic E-state index is 12.1. The zero-order valence-electron chi connectivity index (χ0n) is 16.7. The van der Waals surface area contributed by atoms with Gasteiger partial charge in [-0.25, -0.2) is 5.43 Å². The third kappa shape index (κ3) is 5.75. The number of carbonyl (C=O) groups excluding carboxylic acids is 1. The van der Waals surface area contributed by atoms with Gasteiger partial charge in [0.1, 0.15) is 6.04 Å². The van der Waals surface area contributed by atoms with E-state index < -0.39 is 0 Å². The summed E-state index contributed by atoms with van der Waals surface area (Å²) < 4.78 is 5.21. The number of hydrazine groups is 1. The number of nitrogens with zero attached hydrogens (tertiary/aromatic N) is 2. The highest BCUT2D eigenvalue weighted by molar-refractivity contribution is 5.76. The molecule has 2 N–H and O–H groups in total. The molecule has 2 aliphatic heterocycles. The van der Waals surface area contributed by atoms with Crippen molar-refractivity contribution >= 4 is 5.97 Å². The SMILES string of the molecule is CCOC(=O)C1NNCC1CN1CCCC(N(C)CCc2ccccc2)C1. The van der Waals surface area contributed by atoms with Gasteiger partial charge in [-0.3, -0.25) is 10.2 Å². The summed E-state index contributed by atoms with van der Waals surface area (Å²) in [5, 5.41) is 0. The Kier molecular flexibility index (Phi) is 7.64. The summed E-state index contributed by atoms with van der Waals surface area (Å²) in [5.41, 5.74) is 7.63. The van der Waals surface area contributed by atoms with Crippen LogP contribution in [0.3, 0.4) is 0 Å². The van der Waals surface area contributed by atoms with E-state index in [0.717, 1.165) is 39.1 Å². The number of esters is 1. The van der Waals surface area contributed by atoms with Crippen molar-refractivity contribution in [3.63, 3.8) is 0 Å². The Morgan fingerprint density at radius 2 is 2.15 bits per heavy atom. The van der Waals surface area contributed by atoms with E-state index >= 15 is 0 Å². The summed E-state index contributed by atoms with van der Waals surface area (Å²) in [6.07, 6.45) is 3.57. The number of hydrogen-bond acceptors (Lipinski definition) is 6. The van der Waals surface area contributed by atoms with Crippen LogP contribution in [0.2, 0.25) is 0 Å².